The Morgan fingerprint density at radius 1 is 0.422 bits per heavy atom. The van der Waals surface area contributed by atoms with Gasteiger partial charge in [0.1, 0.15) is 22.3 Å². The van der Waals surface area contributed by atoms with Gasteiger partial charge < -0.3 is 8.83 Å². The highest BCUT2D eigenvalue weighted by atomic mass is 35.5. The van der Waals surface area contributed by atoms with Gasteiger partial charge in [0.15, 0.2) is 0 Å². The van der Waals surface area contributed by atoms with Crippen LogP contribution < -0.4 is 0 Å². The van der Waals surface area contributed by atoms with Crippen molar-refractivity contribution in [1.82, 2.24) is 0 Å². The quantitative estimate of drug-likeness (QED) is 0.135. The Hall–Kier alpha value is -3.40. The summed E-state index contributed by atoms with van der Waals surface area (Å²) < 4.78 is 20.2. The maximum Gasteiger partial charge on any atom is 0.136 e. The fourth-order valence-corrected chi connectivity index (χ4v) is 12.9. The molecule has 2 aliphatic heterocycles. The van der Waals surface area contributed by atoms with E-state index in [0.717, 1.165) is 68.7 Å². The highest BCUT2D eigenvalue weighted by Crippen LogP contribution is 2.54. The Bertz CT molecular complexity index is 2860. The lowest BCUT2D eigenvalue weighted by Crippen LogP contribution is -1.96. The zero-order valence-electron chi connectivity index (χ0n) is 22.7. The van der Waals surface area contributed by atoms with Crippen molar-refractivity contribution >= 4 is 143 Å². The first-order valence-corrected chi connectivity index (χ1v) is 18.9. The van der Waals surface area contributed by atoms with E-state index in [2.05, 4.69) is 78.9 Å². The molecule has 9 heteroatoms. The molecule has 45 heavy (non-hydrogen) atoms. The van der Waals surface area contributed by atoms with Crippen LogP contribution in [0.1, 0.15) is 0 Å². The molecule has 0 radical (unpaired) electrons. The van der Waals surface area contributed by atoms with E-state index in [9.17, 15) is 0 Å². The Kier molecular flexibility index (Phi) is 5.21. The molecule has 0 atom stereocenters. The fraction of sp³-hybridized carbons (Fsp3) is 0. The zero-order chi connectivity index (χ0) is 29.6. The monoisotopic (exact) mass is 708 g/mol. The summed E-state index contributed by atoms with van der Waals surface area (Å²) in [6.07, 6.45) is 0. The maximum absolute atomic E-state index is 6.78. The average Bonchev–Trinajstić information content (AvgIpc) is 3.85. The van der Waals surface area contributed by atoms with Gasteiger partial charge in [0.25, 0.3) is 0 Å². The minimum Gasteiger partial charge on any atom is -0.456 e. The number of halogens is 2. The van der Waals surface area contributed by atoms with Crippen LogP contribution in [0.4, 0.5) is 0 Å². The SMILES string of the molecule is Clc1ccc(-c2cc3oc4cccc5c(-c6cc7sc(-c8cc9sc(Cl)cc9s8)cc7s6)cc6oc7cccc2c7c3-c6c45)s1. The van der Waals surface area contributed by atoms with Gasteiger partial charge in [0.2, 0.25) is 0 Å². The second-order valence-corrected chi connectivity index (χ2v) is 17.8. The smallest absolute Gasteiger partial charge is 0.136 e. The molecule has 0 spiro atoms. The highest BCUT2D eigenvalue weighted by Gasteiger charge is 2.28. The van der Waals surface area contributed by atoms with Crippen LogP contribution in [0, 0.1) is 0 Å². The van der Waals surface area contributed by atoms with E-state index >= 15 is 0 Å². The van der Waals surface area contributed by atoms with Gasteiger partial charge in [-0.1, -0.05) is 47.5 Å². The molecule has 0 N–H and O–H groups in total. The molecule has 0 aliphatic carbocycles. The van der Waals surface area contributed by atoms with Crippen molar-refractivity contribution in [3.63, 3.8) is 0 Å². The Labute approximate surface area is 284 Å². The topological polar surface area (TPSA) is 26.3 Å². The average molecular weight is 710 g/mol. The summed E-state index contributed by atoms with van der Waals surface area (Å²) in [4.78, 5) is 4.94. The van der Waals surface area contributed by atoms with Crippen molar-refractivity contribution in [3.8, 4) is 41.8 Å². The predicted octanol–water partition coefficient (Wildman–Crippen LogP) is 14.9. The number of hydrogen-bond donors (Lipinski definition) is 0. The largest absolute Gasteiger partial charge is 0.456 e. The van der Waals surface area contributed by atoms with Gasteiger partial charge in [-0.15, -0.1) is 56.7 Å². The van der Waals surface area contributed by atoms with Gasteiger partial charge in [-0.3, -0.25) is 0 Å². The molecular formula is C36H14Cl2O2S5. The van der Waals surface area contributed by atoms with Gasteiger partial charge >= 0.3 is 0 Å². The second-order valence-electron chi connectivity index (χ2n) is 11.1. The normalized spacial score (nSPS) is 12.7. The Morgan fingerprint density at radius 2 is 0.956 bits per heavy atom. The van der Waals surface area contributed by atoms with Crippen LogP contribution in [-0.4, -0.2) is 0 Å². The molecule has 0 saturated carbocycles. The minimum absolute atomic E-state index is 0.766. The van der Waals surface area contributed by atoms with Crippen LogP contribution in [0.5, 0.6) is 0 Å². The van der Waals surface area contributed by atoms with Gasteiger partial charge in [0, 0.05) is 71.3 Å². The van der Waals surface area contributed by atoms with Crippen LogP contribution in [0.3, 0.4) is 0 Å². The summed E-state index contributed by atoms with van der Waals surface area (Å²) in [5, 5.41) is 4.51. The van der Waals surface area contributed by atoms with Gasteiger partial charge in [-0.25, -0.2) is 0 Å². The summed E-state index contributed by atoms with van der Waals surface area (Å²) in [6, 6.07) is 30.1. The van der Waals surface area contributed by atoms with Crippen LogP contribution in [0.15, 0.2) is 93.8 Å². The molecule has 214 valence electrons. The number of benzene rings is 4. The standard InChI is InChI=1S/C36H14Cl2O2S5/c37-31-8-7-23(44-31)17-9-21-35-33-15(17)3-1-5-19(33)40-22-10-18(16-4-2-6-20(39-21)34(16)36(22)35)24-11-25-26(41-24)12-27(42-25)28-13-29-30(43-28)14-32(38)45-29/h1-14H. The van der Waals surface area contributed by atoms with E-state index in [1.807, 2.05) is 40.1 Å². The third-order valence-corrected chi connectivity index (χ3v) is 14.8. The molecule has 2 aliphatic rings. The Balaban J connectivity index is 1.15. The zero-order valence-corrected chi connectivity index (χ0v) is 28.3. The van der Waals surface area contributed by atoms with Crippen molar-refractivity contribution in [1.29, 1.82) is 0 Å². The molecule has 0 amide bonds. The lowest BCUT2D eigenvalue weighted by molar-refractivity contribution is 0.646. The van der Waals surface area contributed by atoms with Gasteiger partial charge in [0.05, 0.1) is 8.67 Å². The minimum atomic E-state index is 0.766. The predicted molar refractivity (Wildman–Crippen MR) is 200 cm³/mol. The highest BCUT2D eigenvalue weighted by molar-refractivity contribution is 7.35. The van der Waals surface area contributed by atoms with Crippen molar-refractivity contribution in [2.45, 2.75) is 0 Å². The van der Waals surface area contributed by atoms with Crippen LogP contribution in [0.2, 0.25) is 8.67 Å². The first-order valence-electron chi connectivity index (χ1n) is 14.1. The van der Waals surface area contributed by atoms with Crippen molar-refractivity contribution < 1.29 is 8.83 Å². The summed E-state index contributed by atoms with van der Waals surface area (Å²) >= 11 is 21.3. The molecule has 0 bridgehead atoms. The fourth-order valence-electron chi connectivity index (χ4n) is 6.78. The number of rotatable bonds is 3. The third-order valence-electron chi connectivity index (χ3n) is 8.60. The second kappa shape index (κ2) is 9.11. The molecule has 0 saturated heterocycles. The van der Waals surface area contributed by atoms with E-state index in [1.54, 1.807) is 22.7 Å². The first-order chi connectivity index (χ1) is 22.1. The summed E-state index contributed by atoms with van der Waals surface area (Å²) in [5.74, 6) is 0. The van der Waals surface area contributed by atoms with E-state index in [-0.39, 0.29) is 0 Å². The summed E-state index contributed by atoms with van der Waals surface area (Å²) in [7, 11) is 0. The number of thiophene rings is 5. The molecule has 4 aromatic carbocycles. The molecule has 11 rings (SSSR count). The summed E-state index contributed by atoms with van der Waals surface area (Å²) in [5.41, 5.74) is 7.92. The van der Waals surface area contributed by atoms with E-state index in [0.29, 0.717) is 0 Å². The molecule has 5 aromatic heterocycles. The number of hydrogen-bond acceptors (Lipinski definition) is 7. The van der Waals surface area contributed by atoms with E-state index < -0.39 is 0 Å². The molecular weight excluding hydrogens is 696 g/mol. The number of fused-ring (bicyclic) bond motifs is 2. The van der Waals surface area contributed by atoms with Gasteiger partial charge in [-0.2, -0.15) is 0 Å². The van der Waals surface area contributed by atoms with Crippen LogP contribution in [-0.2, 0) is 0 Å². The first kappa shape index (κ1) is 25.8. The summed E-state index contributed by atoms with van der Waals surface area (Å²) in [6.45, 7) is 0. The Morgan fingerprint density at radius 3 is 1.53 bits per heavy atom. The van der Waals surface area contributed by atoms with Crippen molar-refractivity contribution in [3.05, 3.63) is 93.6 Å². The molecule has 7 heterocycles. The molecule has 2 nitrogen and oxygen atoms in total. The van der Waals surface area contributed by atoms with Crippen molar-refractivity contribution in [2.75, 3.05) is 0 Å². The van der Waals surface area contributed by atoms with E-state index in [1.165, 1.54) is 44.4 Å². The maximum atomic E-state index is 6.78. The van der Waals surface area contributed by atoms with Crippen LogP contribution >= 0.6 is 79.9 Å². The molecule has 9 aromatic rings. The molecule has 0 fully saturated rings. The third kappa shape index (κ3) is 3.60. The lowest BCUT2D eigenvalue weighted by atomic mass is 9.87. The van der Waals surface area contributed by atoms with Gasteiger partial charge in [-0.05, 0) is 71.4 Å². The van der Waals surface area contributed by atoms with Crippen molar-refractivity contribution in [2.24, 2.45) is 0 Å². The van der Waals surface area contributed by atoms with E-state index in [4.69, 9.17) is 32.0 Å². The van der Waals surface area contributed by atoms with Crippen LogP contribution in [0.25, 0.3) is 104 Å². The lowest BCUT2D eigenvalue weighted by Gasteiger charge is -2.22. The molecule has 0 unspecified atom stereocenters.